The van der Waals surface area contributed by atoms with E-state index < -0.39 is 5.97 Å². The Morgan fingerprint density at radius 3 is 2.84 bits per heavy atom. The zero-order valence-electron chi connectivity index (χ0n) is 10.9. The SMILES string of the molecule is CC(C)N(CC(=O)O)Cc1cc(Br)c2c(c1)OCO2. The van der Waals surface area contributed by atoms with Gasteiger partial charge in [0.2, 0.25) is 6.79 Å². The Morgan fingerprint density at radius 1 is 1.47 bits per heavy atom. The highest BCUT2D eigenvalue weighted by Gasteiger charge is 2.20. The second kappa shape index (κ2) is 5.79. The number of nitrogens with zero attached hydrogens (tertiary/aromatic N) is 1. The van der Waals surface area contributed by atoms with Gasteiger partial charge in [0.25, 0.3) is 0 Å². The van der Waals surface area contributed by atoms with E-state index in [9.17, 15) is 4.79 Å². The van der Waals surface area contributed by atoms with Crippen molar-refractivity contribution < 1.29 is 19.4 Å². The van der Waals surface area contributed by atoms with Crippen molar-refractivity contribution in [2.24, 2.45) is 0 Å². The Labute approximate surface area is 120 Å². The van der Waals surface area contributed by atoms with Crippen LogP contribution >= 0.6 is 15.9 Å². The summed E-state index contributed by atoms with van der Waals surface area (Å²) in [4.78, 5) is 12.7. The van der Waals surface area contributed by atoms with Crippen molar-refractivity contribution in [2.75, 3.05) is 13.3 Å². The van der Waals surface area contributed by atoms with Gasteiger partial charge in [0.1, 0.15) is 0 Å². The van der Waals surface area contributed by atoms with Gasteiger partial charge in [0.15, 0.2) is 11.5 Å². The molecule has 0 aromatic heterocycles. The molecular formula is C13H16BrNO4. The molecule has 1 aromatic rings. The van der Waals surface area contributed by atoms with Crippen LogP contribution in [0.1, 0.15) is 19.4 Å². The lowest BCUT2D eigenvalue weighted by atomic mass is 10.1. The van der Waals surface area contributed by atoms with Gasteiger partial charge in [-0.1, -0.05) is 0 Å². The summed E-state index contributed by atoms with van der Waals surface area (Å²) < 4.78 is 11.5. The van der Waals surface area contributed by atoms with E-state index in [0.717, 1.165) is 10.0 Å². The molecule has 0 fully saturated rings. The molecule has 0 aliphatic carbocycles. The molecule has 0 radical (unpaired) electrons. The van der Waals surface area contributed by atoms with Crippen LogP contribution in [0.4, 0.5) is 0 Å². The number of ether oxygens (including phenoxy) is 2. The molecular weight excluding hydrogens is 314 g/mol. The summed E-state index contributed by atoms with van der Waals surface area (Å²) in [6, 6.07) is 3.98. The maximum absolute atomic E-state index is 10.9. The first kappa shape index (κ1) is 14.1. The fourth-order valence-electron chi connectivity index (χ4n) is 1.94. The zero-order valence-corrected chi connectivity index (χ0v) is 12.4. The molecule has 6 heteroatoms. The molecule has 0 bridgehead atoms. The second-order valence-electron chi connectivity index (χ2n) is 4.70. The molecule has 19 heavy (non-hydrogen) atoms. The summed E-state index contributed by atoms with van der Waals surface area (Å²) >= 11 is 3.44. The number of benzene rings is 1. The minimum Gasteiger partial charge on any atom is -0.480 e. The van der Waals surface area contributed by atoms with Crippen molar-refractivity contribution in [3.8, 4) is 11.5 Å². The minimum atomic E-state index is -0.825. The molecule has 0 unspecified atom stereocenters. The van der Waals surface area contributed by atoms with Gasteiger partial charge in [-0.05, 0) is 47.5 Å². The molecule has 1 N–H and O–H groups in total. The van der Waals surface area contributed by atoms with Gasteiger partial charge in [0, 0.05) is 12.6 Å². The van der Waals surface area contributed by atoms with Crippen molar-refractivity contribution in [3.05, 3.63) is 22.2 Å². The van der Waals surface area contributed by atoms with E-state index in [2.05, 4.69) is 15.9 Å². The minimum absolute atomic E-state index is 0.0176. The number of aliphatic carboxylic acids is 1. The van der Waals surface area contributed by atoms with Crippen LogP contribution < -0.4 is 9.47 Å². The monoisotopic (exact) mass is 329 g/mol. The predicted molar refractivity (Wildman–Crippen MR) is 73.4 cm³/mol. The van der Waals surface area contributed by atoms with Gasteiger partial charge in [-0.15, -0.1) is 0 Å². The van der Waals surface area contributed by atoms with Gasteiger partial charge < -0.3 is 14.6 Å². The Bertz CT molecular complexity index is 490. The third-order valence-corrected chi connectivity index (χ3v) is 3.53. The molecule has 1 aliphatic rings. The highest BCUT2D eigenvalue weighted by atomic mass is 79.9. The Kier molecular flexibility index (Phi) is 4.31. The Balaban J connectivity index is 2.17. The molecule has 0 saturated heterocycles. The van der Waals surface area contributed by atoms with Crippen LogP contribution in [0.3, 0.4) is 0 Å². The molecule has 1 aliphatic heterocycles. The van der Waals surface area contributed by atoms with Crippen molar-refractivity contribution in [2.45, 2.75) is 26.4 Å². The summed E-state index contributed by atoms with van der Waals surface area (Å²) in [5, 5.41) is 8.92. The lowest BCUT2D eigenvalue weighted by Crippen LogP contribution is -2.35. The number of carboxylic acid groups (broad SMARTS) is 1. The molecule has 0 atom stereocenters. The lowest BCUT2D eigenvalue weighted by molar-refractivity contribution is -0.138. The highest BCUT2D eigenvalue weighted by Crippen LogP contribution is 2.40. The standard InChI is InChI=1S/C13H16BrNO4/c1-8(2)15(6-12(16)17)5-9-3-10(14)13-11(4-9)18-7-19-13/h3-4,8H,5-7H2,1-2H3,(H,16,17). The quantitative estimate of drug-likeness (QED) is 0.899. The fraction of sp³-hybridized carbons (Fsp3) is 0.462. The molecule has 1 aromatic carbocycles. The van der Waals surface area contributed by atoms with Crippen LogP contribution in [0.2, 0.25) is 0 Å². The number of carbonyl (C=O) groups is 1. The second-order valence-corrected chi connectivity index (χ2v) is 5.56. The molecule has 5 nitrogen and oxygen atoms in total. The smallest absolute Gasteiger partial charge is 0.317 e. The maximum atomic E-state index is 10.9. The van der Waals surface area contributed by atoms with Crippen molar-refractivity contribution in [1.29, 1.82) is 0 Å². The average molecular weight is 330 g/mol. The largest absolute Gasteiger partial charge is 0.480 e. The Hall–Kier alpha value is -1.27. The summed E-state index contributed by atoms with van der Waals surface area (Å²) in [6.07, 6.45) is 0. The molecule has 2 rings (SSSR count). The van der Waals surface area contributed by atoms with Crippen molar-refractivity contribution >= 4 is 21.9 Å². The van der Waals surface area contributed by atoms with Gasteiger partial charge in [-0.2, -0.15) is 0 Å². The van der Waals surface area contributed by atoms with Crippen LogP contribution in [0.5, 0.6) is 11.5 Å². The molecule has 0 spiro atoms. The molecule has 104 valence electrons. The third kappa shape index (κ3) is 3.39. The van der Waals surface area contributed by atoms with E-state index in [1.54, 1.807) is 0 Å². The maximum Gasteiger partial charge on any atom is 0.317 e. The van der Waals surface area contributed by atoms with E-state index in [0.29, 0.717) is 18.0 Å². The summed E-state index contributed by atoms with van der Waals surface area (Å²) in [6.45, 7) is 4.75. The number of halogens is 1. The summed E-state index contributed by atoms with van der Waals surface area (Å²) in [7, 11) is 0. The molecule has 0 amide bonds. The zero-order chi connectivity index (χ0) is 14.0. The first-order valence-corrected chi connectivity index (χ1v) is 6.80. The molecule has 1 heterocycles. The van der Waals surface area contributed by atoms with E-state index in [1.165, 1.54) is 0 Å². The summed E-state index contributed by atoms with van der Waals surface area (Å²) in [5.74, 6) is 0.579. The number of carboxylic acids is 1. The number of rotatable bonds is 5. The first-order valence-electron chi connectivity index (χ1n) is 6.01. The predicted octanol–water partition coefficient (Wildman–Crippen LogP) is 2.47. The Morgan fingerprint density at radius 2 is 2.21 bits per heavy atom. The lowest BCUT2D eigenvalue weighted by Gasteiger charge is -2.24. The number of fused-ring (bicyclic) bond motifs is 1. The van der Waals surface area contributed by atoms with Crippen LogP contribution in [0.25, 0.3) is 0 Å². The van der Waals surface area contributed by atoms with Crippen LogP contribution in [-0.2, 0) is 11.3 Å². The average Bonchev–Trinajstić information content (AvgIpc) is 2.76. The van der Waals surface area contributed by atoms with Crippen molar-refractivity contribution in [1.82, 2.24) is 4.90 Å². The van der Waals surface area contributed by atoms with Gasteiger partial charge in [0.05, 0.1) is 11.0 Å². The van der Waals surface area contributed by atoms with Gasteiger partial charge in [-0.25, -0.2) is 0 Å². The highest BCUT2D eigenvalue weighted by molar-refractivity contribution is 9.10. The van der Waals surface area contributed by atoms with Crippen LogP contribution in [0, 0.1) is 0 Å². The summed E-state index contributed by atoms with van der Waals surface area (Å²) in [5.41, 5.74) is 0.992. The first-order chi connectivity index (χ1) is 8.97. The topological polar surface area (TPSA) is 59.0 Å². The van der Waals surface area contributed by atoms with Crippen molar-refractivity contribution in [3.63, 3.8) is 0 Å². The van der Waals surface area contributed by atoms with E-state index in [-0.39, 0.29) is 19.4 Å². The normalized spacial score (nSPS) is 13.3. The van der Waals surface area contributed by atoms with E-state index in [4.69, 9.17) is 14.6 Å². The van der Waals surface area contributed by atoms with Crippen LogP contribution in [0.15, 0.2) is 16.6 Å². The fourth-order valence-corrected chi connectivity index (χ4v) is 2.55. The van der Waals surface area contributed by atoms with Gasteiger partial charge in [-0.3, -0.25) is 9.69 Å². The number of hydrogen-bond donors (Lipinski definition) is 1. The van der Waals surface area contributed by atoms with E-state index >= 15 is 0 Å². The van der Waals surface area contributed by atoms with E-state index in [1.807, 2.05) is 30.9 Å². The van der Waals surface area contributed by atoms with Gasteiger partial charge >= 0.3 is 5.97 Å². The number of hydrogen-bond acceptors (Lipinski definition) is 4. The van der Waals surface area contributed by atoms with Crippen LogP contribution in [-0.4, -0.2) is 35.4 Å². The third-order valence-electron chi connectivity index (χ3n) is 2.94. The molecule has 0 saturated carbocycles.